The van der Waals surface area contributed by atoms with Crippen LogP contribution >= 0.6 is 11.6 Å². The van der Waals surface area contributed by atoms with Gasteiger partial charge in [-0.1, -0.05) is 11.6 Å². The molecule has 0 aliphatic carbocycles. The van der Waals surface area contributed by atoms with Gasteiger partial charge in [-0.15, -0.1) is 0 Å². The van der Waals surface area contributed by atoms with Crippen molar-refractivity contribution in [2.45, 2.75) is 32.2 Å². The predicted molar refractivity (Wildman–Crippen MR) is 106 cm³/mol. The molecule has 2 N–H and O–H groups in total. The Labute approximate surface area is 166 Å². The predicted octanol–water partition coefficient (Wildman–Crippen LogP) is 3.63. The maximum atomic E-state index is 14.3. The van der Waals surface area contributed by atoms with E-state index >= 15 is 0 Å². The fourth-order valence-corrected chi connectivity index (χ4v) is 3.78. The van der Waals surface area contributed by atoms with Crippen LogP contribution in [0.25, 0.3) is 22.4 Å². The number of rotatable bonds is 4. The zero-order valence-electron chi connectivity index (χ0n) is 15.4. The van der Waals surface area contributed by atoms with Crippen molar-refractivity contribution in [1.29, 1.82) is 0 Å². The molecule has 0 aromatic carbocycles. The maximum absolute atomic E-state index is 14.3. The van der Waals surface area contributed by atoms with Crippen LogP contribution in [0.2, 0.25) is 5.02 Å². The van der Waals surface area contributed by atoms with E-state index in [1.807, 2.05) is 4.90 Å². The molecule has 9 heteroatoms. The van der Waals surface area contributed by atoms with Gasteiger partial charge in [-0.25, -0.2) is 19.3 Å². The molecule has 0 bridgehead atoms. The smallest absolute Gasteiger partial charge is 0.219 e. The Balaban J connectivity index is 1.58. The number of piperidine rings is 1. The van der Waals surface area contributed by atoms with E-state index in [1.165, 1.54) is 0 Å². The van der Waals surface area contributed by atoms with Crippen LogP contribution in [0.15, 0.2) is 24.7 Å². The van der Waals surface area contributed by atoms with Gasteiger partial charge in [-0.2, -0.15) is 0 Å². The third-order valence-corrected chi connectivity index (χ3v) is 5.23. The normalized spacial score (nSPS) is 17.1. The molecule has 1 saturated heterocycles. The lowest BCUT2D eigenvalue weighted by Crippen LogP contribution is -2.46. The first-order chi connectivity index (χ1) is 13.5. The van der Waals surface area contributed by atoms with Crippen molar-refractivity contribution in [3.63, 3.8) is 0 Å². The summed E-state index contributed by atoms with van der Waals surface area (Å²) < 4.78 is 14.3. The minimum atomic E-state index is -0.537. The molecular weight excluding hydrogens is 383 g/mol. The molecule has 0 saturated carbocycles. The lowest BCUT2D eigenvalue weighted by atomic mass is 10.0. The Morgan fingerprint density at radius 2 is 2.25 bits per heavy atom. The molecule has 0 radical (unpaired) electrons. The van der Waals surface area contributed by atoms with Gasteiger partial charge in [0, 0.05) is 49.4 Å². The summed E-state index contributed by atoms with van der Waals surface area (Å²) in [6.45, 7) is 2.74. The number of amides is 1. The number of carbonyl (C=O) groups is 1. The van der Waals surface area contributed by atoms with E-state index in [-0.39, 0.29) is 17.8 Å². The standard InChI is InChI=1S/C19H20ClFN6O/c1-11(28)27-5-3-2-4-13(27)8-23-19-16(21)10-25-18(26-19)15-9-24-17-14(15)6-12(20)7-22-17/h6-7,9-10,13H,2-5,8H2,1H3,(H,22,24)(H,23,25,26)/t13-/m1/s1. The maximum Gasteiger partial charge on any atom is 0.219 e. The second kappa shape index (κ2) is 7.71. The first-order valence-corrected chi connectivity index (χ1v) is 9.57. The average molecular weight is 403 g/mol. The molecule has 3 aromatic rings. The Morgan fingerprint density at radius 3 is 3.07 bits per heavy atom. The number of likely N-dealkylation sites (tertiary alicyclic amines) is 1. The van der Waals surface area contributed by atoms with Gasteiger partial charge in [-0.05, 0) is 25.3 Å². The van der Waals surface area contributed by atoms with Crippen LogP contribution in [-0.4, -0.2) is 49.9 Å². The highest BCUT2D eigenvalue weighted by Crippen LogP contribution is 2.28. The molecule has 3 aromatic heterocycles. The molecular formula is C19H20ClFN6O. The number of aromatic amines is 1. The Kier molecular flexibility index (Phi) is 5.13. The number of nitrogens with one attached hydrogen (secondary N) is 2. The van der Waals surface area contributed by atoms with Crippen molar-refractivity contribution in [3.8, 4) is 11.4 Å². The molecule has 0 spiro atoms. The molecule has 4 rings (SSSR count). The number of anilines is 1. The molecule has 1 atom stereocenters. The second-order valence-electron chi connectivity index (χ2n) is 6.89. The third kappa shape index (κ3) is 3.64. The van der Waals surface area contributed by atoms with Crippen molar-refractivity contribution in [3.05, 3.63) is 35.5 Å². The van der Waals surface area contributed by atoms with Crippen molar-refractivity contribution < 1.29 is 9.18 Å². The summed E-state index contributed by atoms with van der Waals surface area (Å²) in [6.07, 6.45) is 7.36. The molecule has 7 nitrogen and oxygen atoms in total. The van der Waals surface area contributed by atoms with Gasteiger partial charge in [0.15, 0.2) is 17.5 Å². The zero-order chi connectivity index (χ0) is 19.7. The van der Waals surface area contributed by atoms with Gasteiger partial charge < -0.3 is 15.2 Å². The number of H-pyrrole nitrogens is 1. The number of aromatic nitrogens is 4. The summed E-state index contributed by atoms with van der Waals surface area (Å²) in [5, 5.41) is 4.32. The number of pyridine rings is 1. The highest BCUT2D eigenvalue weighted by Gasteiger charge is 2.24. The van der Waals surface area contributed by atoms with Gasteiger partial charge in [0.05, 0.1) is 11.2 Å². The molecule has 0 unspecified atom stereocenters. The van der Waals surface area contributed by atoms with Crippen LogP contribution in [0.5, 0.6) is 0 Å². The van der Waals surface area contributed by atoms with E-state index in [9.17, 15) is 9.18 Å². The lowest BCUT2D eigenvalue weighted by Gasteiger charge is -2.35. The highest BCUT2D eigenvalue weighted by molar-refractivity contribution is 6.31. The summed E-state index contributed by atoms with van der Waals surface area (Å²) >= 11 is 6.04. The quantitative estimate of drug-likeness (QED) is 0.696. The second-order valence-corrected chi connectivity index (χ2v) is 7.32. The molecule has 28 heavy (non-hydrogen) atoms. The number of hydrogen-bond donors (Lipinski definition) is 2. The minimum Gasteiger partial charge on any atom is -0.365 e. The van der Waals surface area contributed by atoms with Crippen LogP contribution in [0.3, 0.4) is 0 Å². The van der Waals surface area contributed by atoms with E-state index in [2.05, 4.69) is 25.3 Å². The lowest BCUT2D eigenvalue weighted by molar-refractivity contribution is -0.132. The van der Waals surface area contributed by atoms with E-state index in [4.69, 9.17) is 11.6 Å². The van der Waals surface area contributed by atoms with E-state index in [1.54, 1.807) is 25.4 Å². The van der Waals surface area contributed by atoms with Gasteiger partial charge in [0.25, 0.3) is 0 Å². The number of hydrogen-bond acceptors (Lipinski definition) is 5. The van der Waals surface area contributed by atoms with Crippen LogP contribution in [0.1, 0.15) is 26.2 Å². The molecule has 1 amide bonds. The largest absolute Gasteiger partial charge is 0.365 e. The van der Waals surface area contributed by atoms with Crippen LogP contribution < -0.4 is 5.32 Å². The van der Waals surface area contributed by atoms with E-state index in [0.29, 0.717) is 28.6 Å². The topological polar surface area (TPSA) is 86.8 Å². The average Bonchev–Trinajstić information content (AvgIpc) is 3.10. The number of nitrogens with zero attached hydrogens (tertiary/aromatic N) is 4. The van der Waals surface area contributed by atoms with Crippen molar-refractivity contribution in [1.82, 2.24) is 24.8 Å². The molecule has 1 aliphatic heterocycles. The monoisotopic (exact) mass is 402 g/mol. The summed E-state index contributed by atoms with van der Waals surface area (Å²) in [6, 6.07) is 1.79. The number of halogens is 2. The minimum absolute atomic E-state index is 0.0279. The Hall–Kier alpha value is -2.74. The summed E-state index contributed by atoms with van der Waals surface area (Å²) in [5.41, 5.74) is 1.34. The fourth-order valence-electron chi connectivity index (χ4n) is 3.63. The van der Waals surface area contributed by atoms with Gasteiger partial charge in [0.2, 0.25) is 5.91 Å². The van der Waals surface area contributed by atoms with Crippen LogP contribution in [-0.2, 0) is 4.79 Å². The molecule has 4 heterocycles. The zero-order valence-corrected chi connectivity index (χ0v) is 16.1. The SMILES string of the molecule is CC(=O)N1CCCC[C@@H]1CNc1nc(-c2c[nH]c3ncc(Cl)cc23)ncc1F. The van der Waals surface area contributed by atoms with Crippen molar-refractivity contribution in [2.24, 2.45) is 0 Å². The van der Waals surface area contributed by atoms with Crippen LogP contribution in [0, 0.1) is 5.82 Å². The Morgan fingerprint density at radius 1 is 1.39 bits per heavy atom. The van der Waals surface area contributed by atoms with Crippen molar-refractivity contribution >= 4 is 34.4 Å². The summed E-state index contributed by atoms with van der Waals surface area (Å²) in [4.78, 5) is 29.4. The van der Waals surface area contributed by atoms with Gasteiger partial charge in [-0.3, -0.25) is 4.79 Å². The van der Waals surface area contributed by atoms with E-state index < -0.39 is 5.82 Å². The highest BCUT2D eigenvalue weighted by atomic mass is 35.5. The van der Waals surface area contributed by atoms with Crippen molar-refractivity contribution in [2.75, 3.05) is 18.4 Å². The van der Waals surface area contributed by atoms with E-state index in [0.717, 1.165) is 37.4 Å². The third-order valence-electron chi connectivity index (χ3n) is 5.02. The van der Waals surface area contributed by atoms with Gasteiger partial charge >= 0.3 is 0 Å². The Bertz CT molecular complexity index is 1020. The molecule has 1 fully saturated rings. The first kappa shape index (κ1) is 18.6. The molecule has 146 valence electrons. The fraction of sp³-hybridized carbons (Fsp3) is 0.368. The number of carbonyl (C=O) groups excluding carboxylic acids is 1. The summed E-state index contributed by atoms with van der Waals surface area (Å²) in [7, 11) is 0. The van der Waals surface area contributed by atoms with Crippen LogP contribution in [0.4, 0.5) is 10.2 Å². The van der Waals surface area contributed by atoms with Gasteiger partial charge in [0.1, 0.15) is 5.65 Å². The summed E-state index contributed by atoms with van der Waals surface area (Å²) in [5.74, 6) is -0.0156. The number of fused-ring (bicyclic) bond motifs is 1. The first-order valence-electron chi connectivity index (χ1n) is 9.19. The molecule has 1 aliphatic rings.